The first-order chi connectivity index (χ1) is 17.2. The molecule has 206 valence electrons. The van der Waals surface area contributed by atoms with E-state index in [9.17, 15) is 20.1 Å². The molecule has 0 spiro atoms. The van der Waals surface area contributed by atoms with Gasteiger partial charge >= 0.3 is 0 Å². The fourth-order valence-corrected chi connectivity index (χ4v) is 5.21. The Morgan fingerprint density at radius 2 is 1.95 bits per heavy atom. The summed E-state index contributed by atoms with van der Waals surface area (Å²) >= 11 is 6.55. The van der Waals surface area contributed by atoms with Crippen molar-refractivity contribution in [2.75, 3.05) is 26.2 Å². The smallest absolute Gasteiger partial charge is 0.229 e. The molecule has 37 heavy (non-hydrogen) atoms. The molecule has 0 aliphatic carbocycles. The van der Waals surface area contributed by atoms with Crippen molar-refractivity contribution in [1.29, 1.82) is 0 Å². The van der Waals surface area contributed by atoms with Gasteiger partial charge in [-0.25, -0.2) is 0 Å². The van der Waals surface area contributed by atoms with Crippen LogP contribution in [0.2, 0.25) is 5.02 Å². The fourth-order valence-electron chi connectivity index (χ4n) is 4.90. The van der Waals surface area contributed by atoms with Crippen molar-refractivity contribution in [3.8, 4) is 5.75 Å². The molecule has 1 saturated heterocycles. The molecule has 5 N–H and O–H groups in total. The lowest BCUT2D eigenvalue weighted by Crippen LogP contribution is -2.54. The van der Waals surface area contributed by atoms with Crippen LogP contribution in [0, 0.1) is 5.92 Å². The highest BCUT2D eigenvalue weighted by Crippen LogP contribution is 2.47. The monoisotopic (exact) mass is 538 g/mol. The standard InChI is InChI=1S/C27H39ClN2O7/c1-15-8-7-9-22(36-6)27(29,34)14-19(31)16(2)25-26(3,37-25)21(32)13-23(33)30(4)18-11-17(10-15)12-20(35-5)24(18)28/h7-9,11-12,16,19,21-22,25,31-32,34H,10,13-14,29H2,1-6H3/b9-7+,15-8+. The number of methoxy groups -OCH3 is 2. The van der Waals surface area contributed by atoms with Crippen LogP contribution in [0.15, 0.2) is 35.9 Å². The Balaban J connectivity index is 2.02. The molecule has 0 saturated carbocycles. The Hall–Kier alpha value is -1.98. The first-order valence-electron chi connectivity index (χ1n) is 12.3. The number of anilines is 1. The van der Waals surface area contributed by atoms with Crippen molar-refractivity contribution in [2.24, 2.45) is 11.7 Å². The van der Waals surface area contributed by atoms with Gasteiger partial charge in [-0.05, 0) is 38.0 Å². The number of halogens is 1. The SMILES string of the molecule is COc1cc2cc(c1Cl)N(C)C(=O)CC(O)C1(C)OC1C(C)C(O)CC(N)(O)C(OC)/C=C/C=C(\C)C2. The molecule has 0 aromatic heterocycles. The summed E-state index contributed by atoms with van der Waals surface area (Å²) in [5.41, 5.74) is 5.57. The van der Waals surface area contributed by atoms with Gasteiger partial charge in [0.25, 0.3) is 0 Å². The molecule has 7 unspecified atom stereocenters. The summed E-state index contributed by atoms with van der Waals surface area (Å²) in [5, 5.41) is 33.0. The lowest BCUT2D eigenvalue weighted by Gasteiger charge is -2.33. The highest BCUT2D eigenvalue weighted by molar-refractivity contribution is 6.35. The highest BCUT2D eigenvalue weighted by Gasteiger charge is 2.61. The van der Waals surface area contributed by atoms with Crippen molar-refractivity contribution in [3.05, 3.63) is 46.5 Å². The number of benzene rings is 1. The van der Waals surface area contributed by atoms with Crippen LogP contribution in [0.25, 0.3) is 0 Å². The molecule has 1 aromatic carbocycles. The molecular formula is C27H39ClN2O7. The van der Waals surface area contributed by atoms with Gasteiger partial charge in [0.05, 0.1) is 37.5 Å². The molecule has 9 nitrogen and oxygen atoms in total. The third-order valence-electron chi connectivity index (χ3n) is 7.47. The maximum absolute atomic E-state index is 13.2. The first kappa shape index (κ1) is 29.6. The average Bonchev–Trinajstić information content (AvgIpc) is 3.53. The van der Waals surface area contributed by atoms with Crippen molar-refractivity contribution in [2.45, 2.75) is 75.8 Å². The van der Waals surface area contributed by atoms with Gasteiger partial charge in [-0.15, -0.1) is 0 Å². The third-order valence-corrected chi connectivity index (χ3v) is 7.85. The van der Waals surface area contributed by atoms with Gasteiger partial charge in [0, 0.05) is 26.5 Å². The molecule has 2 aliphatic rings. The van der Waals surface area contributed by atoms with Crippen LogP contribution in [0.3, 0.4) is 0 Å². The maximum Gasteiger partial charge on any atom is 0.229 e. The molecule has 1 aromatic rings. The van der Waals surface area contributed by atoms with E-state index in [2.05, 4.69) is 0 Å². The number of aliphatic hydroxyl groups excluding tert-OH is 2. The summed E-state index contributed by atoms with van der Waals surface area (Å²) in [6, 6.07) is 3.63. The van der Waals surface area contributed by atoms with E-state index >= 15 is 0 Å². The second-order valence-corrected chi connectivity index (χ2v) is 10.8. The Kier molecular flexibility index (Phi) is 9.12. The predicted molar refractivity (Wildman–Crippen MR) is 142 cm³/mol. The molecule has 2 bridgehead atoms. The summed E-state index contributed by atoms with van der Waals surface area (Å²) in [4.78, 5) is 14.6. The number of carbonyl (C=O) groups is 1. The van der Waals surface area contributed by atoms with Crippen LogP contribution in [0.1, 0.15) is 39.2 Å². The van der Waals surface area contributed by atoms with E-state index < -0.39 is 41.7 Å². The number of ether oxygens (including phenoxy) is 3. The summed E-state index contributed by atoms with van der Waals surface area (Å²) in [7, 11) is 4.54. The molecule has 3 rings (SSSR count). The number of nitrogens with two attached hydrogens (primary N) is 1. The minimum Gasteiger partial charge on any atom is -0.495 e. The average molecular weight is 539 g/mol. The molecule has 1 fully saturated rings. The number of fused-ring (bicyclic) bond motifs is 3. The number of rotatable bonds is 2. The van der Waals surface area contributed by atoms with Gasteiger partial charge in [0.2, 0.25) is 5.91 Å². The normalized spacial score (nSPS) is 37.9. The van der Waals surface area contributed by atoms with Crippen LogP contribution >= 0.6 is 11.6 Å². The molecule has 2 aliphatic heterocycles. The van der Waals surface area contributed by atoms with Crippen molar-refractivity contribution in [3.63, 3.8) is 0 Å². The van der Waals surface area contributed by atoms with Crippen molar-refractivity contribution < 1.29 is 34.3 Å². The third kappa shape index (κ3) is 6.37. The number of hydrogen-bond acceptors (Lipinski definition) is 8. The lowest BCUT2D eigenvalue weighted by molar-refractivity contribution is -0.121. The van der Waals surface area contributed by atoms with E-state index in [4.69, 9.17) is 31.5 Å². The quantitative estimate of drug-likeness (QED) is 0.332. The molecule has 0 radical (unpaired) electrons. The number of hydrogen-bond donors (Lipinski definition) is 4. The fraction of sp³-hybridized carbons (Fsp3) is 0.593. The molecule has 2 heterocycles. The number of aliphatic hydroxyl groups is 3. The second-order valence-electron chi connectivity index (χ2n) is 10.4. The maximum atomic E-state index is 13.2. The minimum atomic E-state index is -1.86. The first-order valence-corrected chi connectivity index (χ1v) is 12.7. The van der Waals surface area contributed by atoms with E-state index in [1.54, 1.807) is 33.0 Å². The Morgan fingerprint density at radius 3 is 2.57 bits per heavy atom. The van der Waals surface area contributed by atoms with Gasteiger partial charge in [0.1, 0.15) is 28.2 Å². The predicted octanol–water partition coefficient (Wildman–Crippen LogP) is 2.33. The van der Waals surface area contributed by atoms with E-state index in [1.165, 1.54) is 19.1 Å². The summed E-state index contributed by atoms with van der Waals surface area (Å²) in [5.74, 6) is -0.412. The van der Waals surface area contributed by atoms with Crippen molar-refractivity contribution in [1.82, 2.24) is 0 Å². The zero-order valence-corrected chi connectivity index (χ0v) is 23.0. The summed E-state index contributed by atoms with van der Waals surface area (Å²) in [6.45, 7) is 5.39. The minimum absolute atomic E-state index is 0.183. The van der Waals surface area contributed by atoms with Crippen molar-refractivity contribution >= 4 is 23.2 Å². The Bertz CT molecular complexity index is 1060. The number of epoxide rings is 1. The Morgan fingerprint density at radius 1 is 1.27 bits per heavy atom. The number of amides is 1. The van der Waals surface area contributed by atoms with Crippen LogP contribution < -0.4 is 15.4 Å². The van der Waals surface area contributed by atoms with Crippen LogP contribution in [0.5, 0.6) is 5.75 Å². The van der Waals surface area contributed by atoms with Gasteiger partial charge in [-0.2, -0.15) is 0 Å². The summed E-state index contributed by atoms with van der Waals surface area (Å²) in [6.07, 6.45) is 1.77. The highest BCUT2D eigenvalue weighted by atomic mass is 35.5. The topological polar surface area (TPSA) is 138 Å². The van der Waals surface area contributed by atoms with Gasteiger partial charge in [0.15, 0.2) is 0 Å². The summed E-state index contributed by atoms with van der Waals surface area (Å²) < 4.78 is 16.7. The number of carbonyl (C=O) groups excluding carboxylic acids is 1. The molecule has 7 atom stereocenters. The molecular weight excluding hydrogens is 500 g/mol. The van der Waals surface area contributed by atoms with Crippen LogP contribution in [-0.4, -0.2) is 78.2 Å². The zero-order chi connectivity index (χ0) is 27.7. The van der Waals surface area contributed by atoms with E-state index in [0.717, 1.165) is 11.1 Å². The van der Waals surface area contributed by atoms with E-state index in [1.807, 2.05) is 25.1 Å². The van der Waals surface area contributed by atoms with Gasteiger partial charge < -0.3 is 40.2 Å². The second kappa shape index (κ2) is 11.4. The van der Waals surface area contributed by atoms with E-state index in [0.29, 0.717) is 17.9 Å². The van der Waals surface area contributed by atoms with Crippen LogP contribution in [-0.2, 0) is 20.7 Å². The van der Waals surface area contributed by atoms with E-state index in [-0.39, 0.29) is 23.8 Å². The zero-order valence-electron chi connectivity index (χ0n) is 22.3. The number of allylic oxidation sites excluding steroid dienone is 3. The van der Waals surface area contributed by atoms with Gasteiger partial charge in [-0.3, -0.25) is 4.79 Å². The molecule has 1 amide bonds. The number of nitrogens with zero attached hydrogens (tertiary/aromatic N) is 1. The Labute approximate surface area is 223 Å². The largest absolute Gasteiger partial charge is 0.495 e. The van der Waals surface area contributed by atoms with Gasteiger partial charge in [-0.1, -0.05) is 42.3 Å². The van der Waals surface area contributed by atoms with Crippen LogP contribution in [0.4, 0.5) is 5.69 Å². The lowest BCUT2D eigenvalue weighted by atomic mass is 9.84. The molecule has 10 heteroatoms.